The van der Waals surface area contributed by atoms with E-state index in [0.717, 1.165) is 45.3 Å². The highest BCUT2D eigenvalue weighted by Gasteiger charge is 2.13. The smallest absolute Gasteiger partial charge is 0.185 e. The van der Waals surface area contributed by atoms with Gasteiger partial charge in [0.15, 0.2) is 24.2 Å². The highest BCUT2D eigenvalue weighted by molar-refractivity contribution is 14.1. The third-order valence-corrected chi connectivity index (χ3v) is 9.06. The minimum atomic E-state index is -1.04. The fourth-order valence-electron chi connectivity index (χ4n) is 2.26. The Bertz CT molecular complexity index is 855. The van der Waals surface area contributed by atoms with Crippen molar-refractivity contribution in [2.24, 2.45) is 0 Å². The van der Waals surface area contributed by atoms with Crippen LogP contribution in [0.4, 0.5) is 0 Å². The van der Waals surface area contributed by atoms with Crippen molar-refractivity contribution >= 4 is 73.9 Å². The molecule has 180 valence electrons. The Morgan fingerprint density at radius 1 is 0.906 bits per heavy atom. The molecular weight excluding hydrogens is 670 g/mol. The molecule has 8 nitrogen and oxygen atoms in total. The molecule has 0 aliphatic carbocycles. The number of aromatic nitrogens is 4. The number of hydrogen-bond donors (Lipinski definition) is 0. The molecule has 0 atom stereocenters. The molecule has 0 spiro atoms. The maximum absolute atomic E-state index is 10.7. The lowest BCUT2D eigenvalue weighted by Gasteiger charge is -2.15. The summed E-state index contributed by atoms with van der Waals surface area (Å²) in [6.07, 6.45) is 5.00. The number of ether oxygens (including phenoxy) is 2. The van der Waals surface area contributed by atoms with Gasteiger partial charge in [0, 0.05) is 35.6 Å². The Labute approximate surface area is 220 Å². The van der Waals surface area contributed by atoms with Gasteiger partial charge in [-0.25, -0.2) is 9.97 Å². The summed E-state index contributed by atoms with van der Waals surface area (Å²) in [4.78, 5) is 29.4. The van der Waals surface area contributed by atoms with Crippen LogP contribution in [-0.2, 0) is 22.9 Å². The third-order valence-electron chi connectivity index (χ3n) is 4.27. The van der Waals surface area contributed by atoms with Crippen molar-refractivity contribution in [2.75, 3.05) is 13.2 Å². The first-order valence-electron chi connectivity index (χ1n) is 10.4. The summed E-state index contributed by atoms with van der Waals surface area (Å²) >= 11 is 4.23. The van der Waals surface area contributed by atoms with Crippen molar-refractivity contribution in [3.8, 4) is 0 Å². The normalized spacial score (nSPS) is 11.8. The van der Waals surface area contributed by atoms with Gasteiger partial charge in [-0.2, -0.15) is 0 Å². The van der Waals surface area contributed by atoms with Gasteiger partial charge in [0.05, 0.1) is 6.20 Å². The zero-order chi connectivity index (χ0) is 24.4. The highest BCUT2D eigenvalue weighted by Crippen LogP contribution is 2.11. The average molecular weight is 704 g/mol. The molecule has 32 heavy (non-hydrogen) atoms. The SMILES string of the molecule is C[Si](C)(C)CCOCn1c(I)cnc1C=O.C[Si](C)(C)CCOCn1cc(I)nc1C=O. The first kappa shape index (κ1) is 29.6. The summed E-state index contributed by atoms with van der Waals surface area (Å²) < 4.78 is 16.4. The number of imidazole rings is 2. The second kappa shape index (κ2) is 14.1. The van der Waals surface area contributed by atoms with Crippen molar-refractivity contribution in [1.82, 2.24) is 19.1 Å². The van der Waals surface area contributed by atoms with E-state index in [1.54, 1.807) is 15.3 Å². The van der Waals surface area contributed by atoms with Gasteiger partial charge in [-0.1, -0.05) is 39.3 Å². The van der Waals surface area contributed by atoms with Crippen LogP contribution in [0.3, 0.4) is 0 Å². The molecule has 0 unspecified atom stereocenters. The fraction of sp³-hybridized carbons (Fsp3) is 0.600. The molecule has 0 N–H and O–H groups in total. The maximum atomic E-state index is 10.7. The van der Waals surface area contributed by atoms with Crippen LogP contribution in [-0.4, -0.2) is 61.0 Å². The molecular formula is C20H34I2N4O4Si2. The monoisotopic (exact) mass is 704 g/mol. The first-order chi connectivity index (χ1) is 14.9. The number of halogens is 2. The third kappa shape index (κ3) is 12.2. The van der Waals surface area contributed by atoms with E-state index < -0.39 is 16.1 Å². The molecule has 0 aromatic carbocycles. The maximum Gasteiger partial charge on any atom is 0.185 e. The molecule has 0 fully saturated rings. The van der Waals surface area contributed by atoms with Crippen LogP contribution in [0.2, 0.25) is 51.4 Å². The van der Waals surface area contributed by atoms with Crippen molar-refractivity contribution in [1.29, 1.82) is 0 Å². The quantitative estimate of drug-likeness (QED) is 0.130. The van der Waals surface area contributed by atoms with Gasteiger partial charge in [-0.15, -0.1) is 0 Å². The number of rotatable bonds is 12. The van der Waals surface area contributed by atoms with E-state index in [4.69, 9.17) is 9.47 Å². The number of carbonyl (C=O) groups is 2. The molecule has 2 rings (SSSR count). The molecule has 0 aliphatic heterocycles. The number of aldehydes is 2. The topological polar surface area (TPSA) is 88.2 Å². The molecule has 0 amide bonds. The molecule has 2 heterocycles. The van der Waals surface area contributed by atoms with Gasteiger partial charge >= 0.3 is 0 Å². The molecule has 0 bridgehead atoms. The molecule has 2 aromatic heterocycles. The molecule has 12 heteroatoms. The number of hydrogen-bond acceptors (Lipinski definition) is 6. The lowest BCUT2D eigenvalue weighted by Crippen LogP contribution is -2.22. The van der Waals surface area contributed by atoms with Gasteiger partial charge in [0.1, 0.15) is 20.9 Å². The van der Waals surface area contributed by atoms with E-state index >= 15 is 0 Å². The lowest BCUT2D eigenvalue weighted by atomic mass is 10.7. The van der Waals surface area contributed by atoms with Crippen LogP contribution in [0.15, 0.2) is 12.4 Å². The zero-order valence-electron chi connectivity index (χ0n) is 19.7. The lowest BCUT2D eigenvalue weighted by molar-refractivity contribution is 0.0817. The van der Waals surface area contributed by atoms with Crippen LogP contribution < -0.4 is 0 Å². The Kier molecular flexibility index (Phi) is 13.0. The van der Waals surface area contributed by atoms with Crippen LogP contribution in [0.1, 0.15) is 21.2 Å². The van der Waals surface area contributed by atoms with E-state index in [2.05, 4.69) is 94.4 Å². The summed E-state index contributed by atoms with van der Waals surface area (Å²) in [5.41, 5.74) is 0. The number of nitrogens with zero attached hydrogens (tertiary/aromatic N) is 4. The van der Waals surface area contributed by atoms with E-state index in [-0.39, 0.29) is 0 Å². The van der Waals surface area contributed by atoms with E-state index in [9.17, 15) is 9.59 Å². The van der Waals surface area contributed by atoms with Crippen LogP contribution in [0.5, 0.6) is 0 Å². The summed E-state index contributed by atoms with van der Waals surface area (Å²) in [6.45, 7) is 16.2. The van der Waals surface area contributed by atoms with Gasteiger partial charge in [0.25, 0.3) is 0 Å². The summed E-state index contributed by atoms with van der Waals surface area (Å²) in [5.74, 6) is 0.856. The first-order valence-corrected chi connectivity index (χ1v) is 19.9. The largest absolute Gasteiger partial charge is 0.361 e. The average Bonchev–Trinajstić information content (AvgIpc) is 3.23. The van der Waals surface area contributed by atoms with Gasteiger partial charge < -0.3 is 14.0 Å². The van der Waals surface area contributed by atoms with Crippen molar-refractivity contribution < 1.29 is 19.1 Å². The summed E-state index contributed by atoms with van der Waals surface area (Å²) in [7, 11) is -2.07. The second-order valence-corrected chi connectivity index (χ2v) is 23.1. The summed E-state index contributed by atoms with van der Waals surface area (Å²) in [5, 5.41) is 0. The standard InChI is InChI=1S/2C10H17IN2O2Si/c1-16(2,3)5-4-15-8-13-6-9(11)12-10(13)7-14;1-16(2,3)5-4-15-8-13-9(11)6-12-10(13)7-14/h2*6-7H,4-5,8H2,1-3H3. The Morgan fingerprint density at radius 2 is 1.44 bits per heavy atom. The Hall–Kier alpha value is -0.426. The Morgan fingerprint density at radius 3 is 1.94 bits per heavy atom. The predicted molar refractivity (Wildman–Crippen MR) is 149 cm³/mol. The van der Waals surface area contributed by atoms with Crippen LogP contribution in [0.25, 0.3) is 0 Å². The number of carbonyl (C=O) groups excluding carboxylic acids is 2. The molecule has 0 aliphatic rings. The zero-order valence-corrected chi connectivity index (χ0v) is 26.0. The minimum Gasteiger partial charge on any atom is -0.361 e. The van der Waals surface area contributed by atoms with E-state index in [1.807, 2.05) is 6.20 Å². The Balaban J connectivity index is 0.000000320. The van der Waals surface area contributed by atoms with Gasteiger partial charge in [0.2, 0.25) is 0 Å². The van der Waals surface area contributed by atoms with Crippen molar-refractivity contribution in [3.05, 3.63) is 31.4 Å². The van der Waals surface area contributed by atoms with Gasteiger partial charge in [-0.05, 0) is 57.3 Å². The van der Waals surface area contributed by atoms with Gasteiger partial charge in [-0.3, -0.25) is 14.2 Å². The second-order valence-electron chi connectivity index (χ2n) is 9.69. The highest BCUT2D eigenvalue weighted by atomic mass is 127. The van der Waals surface area contributed by atoms with Crippen molar-refractivity contribution in [3.63, 3.8) is 0 Å². The minimum absolute atomic E-state index is 0.411. The fourth-order valence-corrected chi connectivity index (χ4v) is 4.88. The van der Waals surface area contributed by atoms with E-state index in [1.165, 1.54) is 0 Å². The molecule has 0 radical (unpaired) electrons. The van der Waals surface area contributed by atoms with Crippen LogP contribution >= 0.6 is 45.2 Å². The molecule has 0 saturated carbocycles. The molecule has 2 aromatic rings. The van der Waals surface area contributed by atoms with Crippen LogP contribution in [0, 0.1) is 7.40 Å². The molecule has 0 saturated heterocycles. The van der Waals surface area contributed by atoms with E-state index in [0.29, 0.717) is 25.1 Å². The predicted octanol–water partition coefficient (Wildman–Crippen LogP) is 5.23. The van der Waals surface area contributed by atoms with Crippen molar-refractivity contribution in [2.45, 2.75) is 64.8 Å². The summed E-state index contributed by atoms with van der Waals surface area (Å²) in [6, 6.07) is 2.27.